The summed E-state index contributed by atoms with van der Waals surface area (Å²) in [5, 5.41) is 0.926. The number of aryl methyl sites for hydroxylation is 2. The average Bonchev–Trinajstić information content (AvgIpc) is 2.95. The van der Waals surface area contributed by atoms with E-state index in [4.69, 9.17) is 9.15 Å². The molecule has 1 aliphatic heterocycles. The van der Waals surface area contributed by atoms with E-state index < -0.39 is 5.97 Å². The fraction of sp³-hybridized carbons (Fsp3) is 0.524. The molecule has 0 spiro atoms. The van der Waals surface area contributed by atoms with Crippen molar-refractivity contribution in [2.45, 2.75) is 65.5 Å². The summed E-state index contributed by atoms with van der Waals surface area (Å²) in [6.07, 6.45) is 4.85. The molecule has 1 fully saturated rings. The minimum absolute atomic E-state index is 0.105. The molecule has 0 saturated carbocycles. The van der Waals surface area contributed by atoms with Gasteiger partial charge in [0.05, 0.1) is 12.7 Å². The van der Waals surface area contributed by atoms with Gasteiger partial charge in [-0.05, 0) is 70.2 Å². The Kier molecular flexibility index (Phi) is 5.35. The normalized spacial score (nSPS) is 20.4. The number of amides is 1. The molecule has 1 aliphatic rings. The number of piperidine rings is 1. The number of carbonyl (C=O) groups excluding carboxylic acids is 2. The molecule has 0 aliphatic carbocycles. The van der Waals surface area contributed by atoms with Gasteiger partial charge in [0.15, 0.2) is 6.61 Å². The number of hydrogen-bond donors (Lipinski definition) is 0. The second-order valence-electron chi connectivity index (χ2n) is 7.46. The van der Waals surface area contributed by atoms with Crippen molar-refractivity contribution < 1.29 is 18.7 Å². The Balaban J connectivity index is 1.61. The lowest BCUT2D eigenvalue weighted by atomic mass is 9.97. The summed E-state index contributed by atoms with van der Waals surface area (Å²) in [4.78, 5) is 26.5. The summed E-state index contributed by atoms with van der Waals surface area (Å²) in [7, 11) is 0. The minimum atomic E-state index is -0.406. The zero-order valence-corrected chi connectivity index (χ0v) is 16.0. The SMILES string of the molecule is Cc1cc2occ(CC(=O)OCC(=O)N3C(C)CCCC3C)c2cc1C. The van der Waals surface area contributed by atoms with Gasteiger partial charge in [0.25, 0.3) is 5.91 Å². The molecule has 2 atom stereocenters. The predicted molar refractivity (Wildman–Crippen MR) is 100.0 cm³/mol. The number of nitrogens with zero attached hydrogens (tertiary/aromatic N) is 1. The third kappa shape index (κ3) is 3.76. The highest BCUT2D eigenvalue weighted by molar-refractivity contribution is 5.88. The number of hydrogen-bond acceptors (Lipinski definition) is 4. The van der Waals surface area contributed by atoms with Crippen molar-refractivity contribution in [3.63, 3.8) is 0 Å². The van der Waals surface area contributed by atoms with Crippen LogP contribution in [0.1, 0.15) is 49.8 Å². The Morgan fingerprint density at radius 3 is 2.50 bits per heavy atom. The standard InChI is InChI=1S/C21H27NO4/c1-13-8-18-17(11-25-19(18)9-14(13)2)10-21(24)26-12-20(23)22-15(3)6-5-7-16(22)4/h8-9,11,15-16H,5-7,10,12H2,1-4H3. The molecule has 0 N–H and O–H groups in total. The largest absolute Gasteiger partial charge is 0.464 e. The van der Waals surface area contributed by atoms with Crippen molar-refractivity contribution in [2.75, 3.05) is 6.61 Å². The molecule has 1 saturated heterocycles. The zero-order chi connectivity index (χ0) is 18.8. The molecule has 1 amide bonds. The molecular weight excluding hydrogens is 330 g/mol. The van der Waals surface area contributed by atoms with Gasteiger partial charge in [0.1, 0.15) is 5.58 Å². The molecule has 0 radical (unpaired) electrons. The van der Waals surface area contributed by atoms with Gasteiger partial charge in [-0.15, -0.1) is 0 Å². The first-order chi connectivity index (χ1) is 12.4. The van der Waals surface area contributed by atoms with E-state index >= 15 is 0 Å². The molecule has 0 bridgehead atoms. The van der Waals surface area contributed by atoms with E-state index in [-0.39, 0.29) is 31.0 Å². The van der Waals surface area contributed by atoms with Crippen molar-refractivity contribution in [3.05, 3.63) is 35.1 Å². The highest BCUT2D eigenvalue weighted by Gasteiger charge is 2.29. The molecule has 26 heavy (non-hydrogen) atoms. The highest BCUT2D eigenvalue weighted by atomic mass is 16.5. The molecule has 140 valence electrons. The number of fused-ring (bicyclic) bond motifs is 1. The number of likely N-dealkylation sites (tertiary alicyclic amines) is 1. The van der Waals surface area contributed by atoms with Crippen LogP contribution in [0.15, 0.2) is 22.8 Å². The van der Waals surface area contributed by atoms with Crippen molar-refractivity contribution in [2.24, 2.45) is 0 Å². The molecule has 2 unspecified atom stereocenters. The quantitative estimate of drug-likeness (QED) is 0.778. The lowest BCUT2D eigenvalue weighted by molar-refractivity contribution is -0.154. The van der Waals surface area contributed by atoms with Gasteiger partial charge in [-0.1, -0.05) is 0 Å². The molecule has 3 rings (SSSR count). The Morgan fingerprint density at radius 2 is 1.81 bits per heavy atom. The molecule has 2 aromatic rings. The number of benzene rings is 1. The number of esters is 1. The lowest BCUT2D eigenvalue weighted by Gasteiger charge is -2.38. The molecule has 2 heterocycles. The van der Waals surface area contributed by atoms with E-state index in [0.29, 0.717) is 0 Å². The van der Waals surface area contributed by atoms with Crippen LogP contribution >= 0.6 is 0 Å². The van der Waals surface area contributed by atoms with Crippen LogP contribution in [0.3, 0.4) is 0 Å². The Labute approximate surface area is 154 Å². The van der Waals surface area contributed by atoms with Gasteiger partial charge in [-0.3, -0.25) is 9.59 Å². The molecule has 1 aromatic carbocycles. The van der Waals surface area contributed by atoms with Crippen LogP contribution in [0.5, 0.6) is 0 Å². The van der Waals surface area contributed by atoms with E-state index in [1.165, 1.54) is 0 Å². The first-order valence-corrected chi connectivity index (χ1v) is 9.31. The summed E-state index contributed by atoms with van der Waals surface area (Å²) in [5.41, 5.74) is 3.86. The summed E-state index contributed by atoms with van der Waals surface area (Å²) in [6, 6.07) is 4.41. The monoisotopic (exact) mass is 357 g/mol. The maximum absolute atomic E-state index is 12.5. The van der Waals surface area contributed by atoms with Crippen molar-refractivity contribution in [3.8, 4) is 0 Å². The van der Waals surface area contributed by atoms with E-state index in [9.17, 15) is 9.59 Å². The van der Waals surface area contributed by atoms with Crippen molar-refractivity contribution in [1.82, 2.24) is 4.90 Å². The van der Waals surface area contributed by atoms with Gasteiger partial charge in [0.2, 0.25) is 0 Å². The van der Waals surface area contributed by atoms with Gasteiger partial charge < -0.3 is 14.1 Å². The zero-order valence-electron chi connectivity index (χ0n) is 16.0. The van der Waals surface area contributed by atoms with Gasteiger partial charge in [-0.25, -0.2) is 0 Å². The molecule has 1 aromatic heterocycles. The summed E-state index contributed by atoms with van der Waals surface area (Å²) in [6.45, 7) is 7.97. The molecule has 5 heteroatoms. The Morgan fingerprint density at radius 1 is 1.15 bits per heavy atom. The van der Waals surface area contributed by atoms with Crippen LogP contribution in [0.2, 0.25) is 0 Å². The summed E-state index contributed by atoms with van der Waals surface area (Å²) >= 11 is 0. The maximum Gasteiger partial charge on any atom is 0.310 e. The fourth-order valence-corrected chi connectivity index (χ4v) is 3.81. The molecule has 5 nitrogen and oxygen atoms in total. The van der Waals surface area contributed by atoms with Crippen molar-refractivity contribution >= 4 is 22.8 Å². The fourth-order valence-electron chi connectivity index (χ4n) is 3.81. The highest BCUT2D eigenvalue weighted by Crippen LogP contribution is 2.26. The Bertz CT molecular complexity index is 813. The Hall–Kier alpha value is -2.30. The van der Waals surface area contributed by atoms with E-state index in [2.05, 4.69) is 13.8 Å². The van der Waals surface area contributed by atoms with E-state index in [0.717, 1.165) is 46.9 Å². The first kappa shape index (κ1) is 18.5. The average molecular weight is 357 g/mol. The van der Waals surface area contributed by atoms with E-state index in [1.807, 2.05) is 30.9 Å². The van der Waals surface area contributed by atoms with Crippen LogP contribution in [-0.2, 0) is 20.7 Å². The minimum Gasteiger partial charge on any atom is -0.464 e. The van der Waals surface area contributed by atoms with Gasteiger partial charge >= 0.3 is 5.97 Å². The number of furan rings is 1. The second-order valence-corrected chi connectivity index (χ2v) is 7.46. The third-order valence-electron chi connectivity index (χ3n) is 5.44. The van der Waals surface area contributed by atoms with Gasteiger partial charge in [-0.2, -0.15) is 0 Å². The maximum atomic E-state index is 12.5. The summed E-state index contributed by atoms with van der Waals surface area (Å²) in [5.74, 6) is -0.516. The lowest BCUT2D eigenvalue weighted by Crippen LogP contribution is -2.49. The summed E-state index contributed by atoms with van der Waals surface area (Å²) < 4.78 is 10.8. The molecular formula is C21H27NO4. The van der Waals surface area contributed by atoms with Crippen molar-refractivity contribution in [1.29, 1.82) is 0 Å². The predicted octanol–water partition coefficient (Wildman–Crippen LogP) is 3.92. The van der Waals surface area contributed by atoms with Crippen LogP contribution in [0.25, 0.3) is 11.0 Å². The second kappa shape index (κ2) is 7.52. The topological polar surface area (TPSA) is 59.8 Å². The van der Waals surface area contributed by atoms with Crippen LogP contribution in [0.4, 0.5) is 0 Å². The smallest absolute Gasteiger partial charge is 0.310 e. The third-order valence-corrected chi connectivity index (χ3v) is 5.44. The number of carbonyl (C=O) groups is 2. The van der Waals surface area contributed by atoms with Crippen LogP contribution in [-0.4, -0.2) is 35.5 Å². The van der Waals surface area contributed by atoms with Gasteiger partial charge in [0, 0.05) is 23.0 Å². The number of rotatable bonds is 4. The van der Waals surface area contributed by atoms with Crippen LogP contribution in [0, 0.1) is 13.8 Å². The van der Waals surface area contributed by atoms with Crippen LogP contribution < -0.4 is 0 Å². The first-order valence-electron chi connectivity index (χ1n) is 9.31. The number of ether oxygens (including phenoxy) is 1. The van der Waals surface area contributed by atoms with E-state index in [1.54, 1.807) is 6.26 Å².